The van der Waals surface area contributed by atoms with Crippen molar-refractivity contribution in [1.82, 2.24) is 0 Å². The first-order valence-electron chi connectivity index (χ1n) is 6.10. The highest BCUT2D eigenvalue weighted by atomic mass is 35.5. The number of hydrogen-bond acceptors (Lipinski definition) is 4. The molecule has 4 nitrogen and oxygen atoms in total. The molecule has 0 amide bonds. The van der Waals surface area contributed by atoms with Crippen LogP contribution in [-0.2, 0) is 0 Å². The van der Waals surface area contributed by atoms with Crippen LogP contribution < -0.4 is 0 Å². The minimum atomic E-state index is -0.251. The molecule has 0 heterocycles. The second kappa shape index (κ2) is 5.84. The maximum atomic E-state index is 10.1. The lowest BCUT2D eigenvalue weighted by Crippen LogP contribution is -2.02. The molecular formula is C15H14ClNO3. The van der Waals surface area contributed by atoms with Gasteiger partial charge in [0.15, 0.2) is 11.5 Å². The molecule has 0 bridgehead atoms. The van der Waals surface area contributed by atoms with Crippen molar-refractivity contribution in [2.24, 2.45) is 5.16 Å². The third-order valence-electron chi connectivity index (χ3n) is 3.06. The maximum absolute atomic E-state index is 10.1. The summed E-state index contributed by atoms with van der Waals surface area (Å²) in [6, 6.07) is 9.80. The van der Waals surface area contributed by atoms with Gasteiger partial charge in [-0.2, -0.15) is 0 Å². The number of phenolic OH excluding ortho intramolecular Hbond substituents is 2. The molecule has 0 aliphatic heterocycles. The lowest BCUT2D eigenvalue weighted by Gasteiger charge is -2.13. The smallest absolute Gasteiger partial charge is 0.166 e. The van der Waals surface area contributed by atoms with E-state index in [1.165, 1.54) is 6.07 Å². The molecule has 20 heavy (non-hydrogen) atoms. The van der Waals surface area contributed by atoms with E-state index in [1.807, 2.05) is 6.92 Å². The van der Waals surface area contributed by atoms with Gasteiger partial charge in [-0.05, 0) is 36.2 Å². The molecule has 0 saturated carbocycles. The van der Waals surface area contributed by atoms with Crippen LogP contribution in [0, 0.1) is 0 Å². The van der Waals surface area contributed by atoms with Gasteiger partial charge in [0, 0.05) is 16.1 Å². The number of hydrogen-bond donors (Lipinski definition) is 3. The van der Waals surface area contributed by atoms with Crippen LogP contribution in [-0.4, -0.2) is 21.1 Å². The topological polar surface area (TPSA) is 73.1 Å². The first-order chi connectivity index (χ1) is 9.58. The predicted octanol–water partition coefficient (Wildman–Crippen LogP) is 4.01. The molecule has 0 radical (unpaired) electrons. The summed E-state index contributed by atoms with van der Waals surface area (Å²) in [6.45, 7) is 1.84. The first-order valence-corrected chi connectivity index (χ1v) is 6.48. The van der Waals surface area contributed by atoms with Gasteiger partial charge in [0.25, 0.3) is 0 Å². The average Bonchev–Trinajstić information content (AvgIpc) is 2.45. The van der Waals surface area contributed by atoms with E-state index in [2.05, 4.69) is 5.16 Å². The van der Waals surface area contributed by atoms with Crippen LogP contribution in [0.3, 0.4) is 0 Å². The van der Waals surface area contributed by atoms with Gasteiger partial charge in [-0.3, -0.25) is 0 Å². The molecule has 0 spiro atoms. The molecule has 5 heteroatoms. The Kier molecular flexibility index (Phi) is 4.15. The number of benzene rings is 2. The van der Waals surface area contributed by atoms with E-state index in [9.17, 15) is 10.2 Å². The fourth-order valence-corrected chi connectivity index (χ4v) is 2.17. The van der Waals surface area contributed by atoms with E-state index < -0.39 is 0 Å². The van der Waals surface area contributed by atoms with Crippen molar-refractivity contribution in [3.8, 4) is 22.6 Å². The second-order valence-corrected chi connectivity index (χ2v) is 4.70. The van der Waals surface area contributed by atoms with Crippen LogP contribution in [0.2, 0.25) is 5.02 Å². The molecular weight excluding hydrogens is 278 g/mol. The lowest BCUT2D eigenvalue weighted by atomic mass is 9.94. The molecule has 0 atom stereocenters. The number of phenols is 2. The molecule has 0 saturated heterocycles. The van der Waals surface area contributed by atoms with Gasteiger partial charge < -0.3 is 15.4 Å². The van der Waals surface area contributed by atoms with Crippen molar-refractivity contribution in [3.63, 3.8) is 0 Å². The Morgan fingerprint density at radius 2 is 1.75 bits per heavy atom. The van der Waals surface area contributed by atoms with Crippen LogP contribution in [0.5, 0.6) is 11.5 Å². The molecule has 3 N–H and O–H groups in total. The van der Waals surface area contributed by atoms with Gasteiger partial charge in [-0.15, -0.1) is 0 Å². The summed E-state index contributed by atoms with van der Waals surface area (Å²) < 4.78 is 0. The molecule has 2 aromatic rings. The van der Waals surface area contributed by atoms with E-state index in [0.29, 0.717) is 33.8 Å². The third-order valence-corrected chi connectivity index (χ3v) is 3.31. The fraction of sp³-hybridized carbons (Fsp3) is 0.133. The quantitative estimate of drug-likeness (QED) is 0.346. The van der Waals surface area contributed by atoms with Crippen molar-refractivity contribution in [3.05, 3.63) is 47.0 Å². The van der Waals surface area contributed by atoms with Crippen molar-refractivity contribution in [1.29, 1.82) is 0 Å². The first kappa shape index (κ1) is 14.2. The second-order valence-electron chi connectivity index (χ2n) is 4.26. The van der Waals surface area contributed by atoms with Crippen LogP contribution in [0.15, 0.2) is 41.6 Å². The van der Waals surface area contributed by atoms with Gasteiger partial charge in [0.2, 0.25) is 0 Å². The third kappa shape index (κ3) is 2.56. The minimum Gasteiger partial charge on any atom is -0.504 e. The number of halogens is 1. The Morgan fingerprint density at radius 1 is 1.10 bits per heavy atom. The van der Waals surface area contributed by atoms with Crippen LogP contribution in [0.4, 0.5) is 0 Å². The number of rotatable bonds is 3. The lowest BCUT2D eigenvalue weighted by molar-refractivity contribution is 0.318. The van der Waals surface area contributed by atoms with E-state index in [0.717, 1.165) is 0 Å². The van der Waals surface area contributed by atoms with Crippen molar-refractivity contribution in [2.75, 3.05) is 0 Å². The SMILES string of the molecule is CCC(=NO)c1ccc(O)c(O)c1-c1ccc(Cl)cc1. The Balaban J connectivity index is 2.72. The van der Waals surface area contributed by atoms with E-state index in [-0.39, 0.29) is 11.5 Å². The van der Waals surface area contributed by atoms with Gasteiger partial charge in [0.05, 0.1) is 5.71 Å². The minimum absolute atomic E-state index is 0.230. The molecule has 104 valence electrons. The van der Waals surface area contributed by atoms with Gasteiger partial charge in [-0.25, -0.2) is 0 Å². The molecule has 2 aromatic carbocycles. The van der Waals surface area contributed by atoms with E-state index in [1.54, 1.807) is 30.3 Å². The average molecular weight is 292 g/mol. The zero-order valence-electron chi connectivity index (χ0n) is 10.8. The van der Waals surface area contributed by atoms with E-state index >= 15 is 0 Å². The van der Waals surface area contributed by atoms with Crippen LogP contribution in [0.1, 0.15) is 18.9 Å². The fourth-order valence-electron chi connectivity index (χ4n) is 2.04. The summed E-state index contributed by atoms with van der Waals surface area (Å²) >= 11 is 5.85. The molecule has 0 fully saturated rings. The normalized spacial score (nSPS) is 11.6. The Labute approximate surface area is 121 Å². The summed E-state index contributed by atoms with van der Waals surface area (Å²) in [5.41, 5.74) is 2.07. The highest BCUT2D eigenvalue weighted by molar-refractivity contribution is 6.30. The molecule has 2 rings (SSSR count). The van der Waals surface area contributed by atoms with Crippen molar-refractivity contribution in [2.45, 2.75) is 13.3 Å². The molecule has 0 aromatic heterocycles. The number of nitrogens with zero attached hydrogens (tertiary/aromatic N) is 1. The van der Waals surface area contributed by atoms with E-state index in [4.69, 9.17) is 16.8 Å². The van der Waals surface area contributed by atoms with Crippen molar-refractivity contribution >= 4 is 17.3 Å². The summed E-state index contributed by atoms with van der Waals surface area (Å²) in [5.74, 6) is -0.480. The summed E-state index contributed by atoms with van der Waals surface area (Å²) in [6.07, 6.45) is 0.487. The number of aromatic hydroxyl groups is 2. The summed E-state index contributed by atoms with van der Waals surface area (Å²) in [5, 5.41) is 32.7. The highest BCUT2D eigenvalue weighted by Gasteiger charge is 2.17. The van der Waals surface area contributed by atoms with Gasteiger partial charge >= 0.3 is 0 Å². The summed E-state index contributed by atoms with van der Waals surface area (Å²) in [4.78, 5) is 0. The Morgan fingerprint density at radius 3 is 2.30 bits per heavy atom. The molecule has 0 aliphatic rings. The largest absolute Gasteiger partial charge is 0.504 e. The molecule has 0 unspecified atom stereocenters. The van der Waals surface area contributed by atoms with Gasteiger partial charge in [-0.1, -0.05) is 35.8 Å². The maximum Gasteiger partial charge on any atom is 0.166 e. The van der Waals surface area contributed by atoms with Crippen LogP contribution in [0.25, 0.3) is 11.1 Å². The Bertz CT molecular complexity index is 651. The monoisotopic (exact) mass is 291 g/mol. The predicted molar refractivity (Wildman–Crippen MR) is 78.8 cm³/mol. The summed E-state index contributed by atoms with van der Waals surface area (Å²) in [7, 11) is 0. The van der Waals surface area contributed by atoms with Crippen molar-refractivity contribution < 1.29 is 15.4 Å². The van der Waals surface area contributed by atoms with Crippen LogP contribution >= 0.6 is 11.6 Å². The van der Waals surface area contributed by atoms with Gasteiger partial charge in [0.1, 0.15) is 0 Å². The Hall–Kier alpha value is -2.20. The zero-order chi connectivity index (χ0) is 14.7. The highest BCUT2D eigenvalue weighted by Crippen LogP contribution is 2.40. The standard InChI is InChI=1S/C15H14ClNO3/c1-2-12(17-20)11-7-8-13(18)15(19)14(11)9-3-5-10(16)6-4-9/h3-8,18-20H,2H2,1H3. The molecule has 0 aliphatic carbocycles. The zero-order valence-corrected chi connectivity index (χ0v) is 11.6. The number of oxime groups is 1.